The summed E-state index contributed by atoms with van der Waals surface area (Å²) in [5.74, 6) is 1.71. The van der Waals surface area contributed by atoms with Crippen LogP contribution in [0.2, 0.25) is 0 Å². The topological polar surface area (TPSA) is 49.0 Å². The number of nitrogens with zero attached hydrogens (tertiary/aromatic N) is 2. The van der Waals surface area contributed by atoms with Crippen molar-refractivity contribution < 1.29 is 4.79 Å². The Morgan fingerprint density at radius 2 is 2.56 bits per heavy atom. The van der Waals surface area contributed by atoms with Crippen molar-refractivity contribution >= 4 is 5.91 Å². The Balaban J connectivity index is 1.96. The van der Waals surface area contributed by atoms with E-state index in [2.05, 4.69) is 9.97 Å². The van der Waals surface area contributed by atoms with Crippen molar-refractivity contribution in [2.24, 2.45) is 0 Å². The molecular weight excluding hydrogens is 202 g/mol. The maximum atomic E-state index is 11.8. The van der Waals surface area contributed by atoms with Gasteiger partial charge in [-0.05, 0) is 19.3 Å². The lowest BCUT2D eigenvalue weighted by molar-refractivity contribution is -0.132. The van der Waals surface area contributed by atoms with Gasteiger partial charge in [-0.15, -0.1) is 0 Å². The largest absolute Gasteiger partial charge is 0.348 e. The predicted octanol–water partition coefficient (Wildman–Crippen LogP) is 1.92. The minimum atomic E-state index is 0.291. The van der Waals surface area contributed by atoms with E-state index in [1.54, 1.807) is 6.20 Å². The zero-order chi connectivity index (χ0) is 11.4. The molecule has 4 heteroatoms. The minimum absolute atomic E-state index is 0.291. The van der Waals surface area contributed by atoms with Crippen molar-refractivity contribution in [1.29, 1.82) is 0 Å². The third-order valence-corrected chi connectivity index (χ3v) is 3.14. The van der Waals surface area contributed by atoms with Crippen molar-refractivity contribution in [3.8, 4) is 0 Å². The molecule has 2 rings (SSSR count). The first-order valence-corrected chi connectivity index (χ1v) is 6.08. The lowest BCUT2D eigenvalue weighted by Crippen LogP contribution is -2.39. The van der Waals surface area contributed by atoms with Crippen LogP contribution in [0.1, 0.15) is 44.3 Å². The molecule has 16 heavy (non-hydrogen) atoms. The number of amides is 1. The number of likely N-dealkylation sites (tertiary alicyclic amines) is 1. The number of hydrogen-bond donors (Lipinski definition) is 1. The van der Waals surface area contributed by atoms with Gasteiger partial charge in [0, 0.05) is 37.8 Å². The van der Waals surface area contributed by atoms with E-state index in [1.165, 1.54) is 0 Å². The number of piperidine rings is 1. The molecular formula is C12H19N3O. The van der Waals surface area contributed by atoms with Crippen LogP contribution in [-0.2, 0) is 4.79 Å². The summed E-state index contributed by atoms with van der Waals surface area (Å²) in [4.78, 5) is 21.2. The Morgan fingerprint density at radius 3 is 3.25 bits per heavy atom. The summed E-state index contributed by atoms with van der Waals surface area (Å²) in [7, 11) is 0. The van der Waals surface area contributed by atoms with Gasteiger partial charge >= 0.3 is 0 Å². The number of rotatable bonds is 3. The number of carbonyl (C=O) groups excluding carboxylic acids is 1. The zero-order valence-electron chi connectivity index (χ0n) is 9.78. The van der Waals surface area contributed by atoms with Gasteiger partial charge in [-0.25, -0.2) is 4.98 Å². The lowest BCUT2D eigenvalue weighted by Gasteiger charge is -2.31. The molecule has 1 aromatic rings. The molecule has 0 radical (unpaired) electrons. The summed E-state index contributed by atoms with van der Waals surface area (Å²) in [5, 5.41) is 0. The van der Waals surface area contributed by atoms with Gasteiger partial charge in [0.1, 0.15) is 5.82 Å². The SMILES string of the molecule is CCCC(=O)N1CCCC(c2ncc[nH]2)C1. The Labute approximate surface area is 96.1 Å². The molecule has 1 amide bonds. The van der Waals surface area contributed by atoms with Crippen LogP contribution in [0.15, 0.2) is 12.4 Å². The van der Waals surface area contributed by atoms with Gasteiger partial charge in [-0.2, -0.15) is 0 Å². The number of nitrogens with one attached hydrogen (secondary N) is 1. The fourth-order valence-electron chi connectivity index (χ4n) is 2.30. The van der Waals surface area contributed by atoms with Gasteiger partial charge in [0.15, 0.2) is 0 Å². The molecule has 0 bridgehead atoms. The molecule has 0 spiro atoms. The first-order chi connectivity index (χ1) is 7.81. The maximum absolute atomic E-state index is 11.8. The molecule has 1 aliphatic heterocycles. The second kappa shape index (κ2) is 5.14. The number of imidazole rings is 1. The Kier molecular flexibility index (Phi) is 3.59. The van der Waals surface area contributed by atoms with Crippen molar-refractivity contribution in [1.82, 2.24) is 14.9 Å². The number of aromatic nitrogens is 2. The third kappa shape index (κ3) is 2.43. The summed E-state index contributed by atoms with van der Waals surface area (Å²) in [5.41, 5.74) is 0. The fraction of sp³-hybridized carbons (Fsp3) is 0.667. The molecule has 1 unspecified atom stereocenters. The van der Waals surface area contributed by atoms with Gasteiger partial charge in [-0.3, -0.25) is 4.79 Å². The van der Waals surface area contributed by atoms with Crippen LogP contribution in [0.3, 0.4) is 0 Å². The van der Waals surface area contributed by atoms with Crippen molar-refractivity contribution in [3.63, 3.8) is 0 Å². The van der Waals surface area contributed by atoms with Crippen molar-refractivity contribution in [3.05, 3.63) is 18.2 Å². The van der Waals surface area contributed by atoms with Crippen LogP contribution in [0.5, 0.6) is 0 Å². The van der Waals surface area contributed by atoms with Gasteiger partial charge < -0.3 is 9.88 Å². The molecule has 0 aliphatic carbocycles. The van der Waals surface area contributed by atoms with E-state index in [4.69, 9.17) is 0 Å². The van der Waals surface area contributed by atoms with E-state index < -0.39 is 0 Å². The fourth-order valence-corrected chi connectivity index (χ4v) is 2.30. The first-order valence-electron chi connectivity index (χ1n) is 6.08. The molecule has 88 valence electrons. The molecule has 1 saturated heterocycles. The normalized spacial score (nSPS) is 21.1. The Bertz CT molecular complexity index is 334. The highest BCUT2D eigenvalue weighted by Gasteiger charge is 2.25. The highest BCUT2D eigenvalue weighted by Crippen LogP contribution is 2.24. The van der Waals surface area contributed by atoms with E-state index in [0.29, 0.717) is 18.2 Å². The second-order valence-electron chi connectivity index (χ2n) is 4.40. The van der Waals surface area contributed by atoms with Crippen LogP contribution in [-0.4, -0.2) is 33.9 Å². The lowest BCUT2D eigenvalue weighted by atomic mass is 9.97. The van der Waals surface area contributed by atoms with Crippen LogP contribution in [0.25, 0.3) is 0 Å². The van der Waals surface area contributed by atoms with Gasteiger partial charge in [0.25, 0.3) is 0 Å². The zero-order valence-corrected chi connectivity index (χ0v) is 9.78. The third-order valence-electron chi connectivity index (χ3n) is 3.14. The number of H-pyrrole nitrogens is 1. The Morgan fingerprint density at radius 1 is 1.69 bits per heavy atom. The summed E-state index contributed by atoms with van der Waals surface area (Å²) in [6, 6.07) is 0. The monoisotopic (exact) mass is 221 g/mol. The molecule has 1 N–H and O–H groups in total. The van der Waals surface area contributed by atoms with Crippen LogP contribution < -0.4 is 0 Å². The van der Waals surface area contributed by atoms with E-state index >= 15 is 0 Å². The van der Waals surface area contributed by atoms with E-state index in [0.717, 1.165) is 38.2 Å². The van der Waals surface area contributed by atoms with Crippen LogP contribution in [0.4, 0.5) is 0 Å². The highest BCUT2D eigenvalue weighted by molar-refractivity contribution is 5.76. The van der Waals surface area contributed by atoms with Gasteiger partial charge in [-0.1, -0.05) is 6.92 Å². The molecule has 1 atom stereocenters. The first kappa shape index (κ1) is 11.2. The average molecular weight is 221 g/mol. The average Bonchev–Trinajstić information content (AvgIpc) is 2.83. The Hall–Kier alpha value is -1.32. The van der Waals surface area contributed by atoms with Gasteiger partial charge in [0.2, 0.25) is 5.91 Å². The number of hydrogen-bond acceptors (Lipinski definition) is 2. The summed E-state index contributed by atoms with van der Waals surface area (Å²) in [6.45, 7) is 3.79. The van der Waals surface area contributed by atoms with E-state index in [1.807, 2.05) is 18.0 Å². The second-order valence-corrected chi connectivity index (χ2v) is 4.40. The molecule has 4 nitrogen and oxygen atoms in total. The van der Waals surface area contributed by atoms with E-state index in [9.17, 15) is 4.79 Å². The maximum Gasteiger partial charge on any atom is 0.222 e. The molecule has 1 aromatic heterocycles. The van der Waals surface area contributed by atoms with Crippen molar-refractivity contribution in [2.45, 2.75) is 38.5 Å². The van der Waals surface area contributed by atoms with Crippen LogP contribution >= 0.6 is 0 Å². The molecule has 2 heterocycles. The molecule has 1 aliphatic rings. The minimum Gasteiger partial charge on any atom is -0.348 e. The van der Waals surface area contributed by atoms with E-state index in [-0.39, 0.29) is 0 Å². The summed E-state index contributed by atoms with van der Waals surface area (Å²) < 4.78 is 0. The predicted molar refractivity (Wildman–Crippen MR) is 62.1 cm³/mol. The quantitative estimate of drug-likeness (QED) is 0.847. The van der Waals surface area contributed by atoms with Crippen molar-refractivity contribution in [2.75, 3.05) is 13.1 Å². The van der Waals surface area contributed by atoms with Crippen LogP contribution in [0, 0.1) is 0 Å². The van der Waals surface area contributed by atoms with Gasteiger partial charge in [0.05, 0.1) is 0 Å². The molecule has 0 saturated carbocycles. The standard InChI is InChI=1S/C12H19N3O/c1-2-4-11(16)15-8-3-5-10(9-15)12-13-6-7-14-12/h6-7,10H,2-5,8-9H2,1H3,(H,13,14). The smallest absolute Gasteiger partial charge is 0.222 e. The summed E-state index contributed by atoms with van der Waals surface area (Å²) >= 11 is 0. The highest BCUT2D eigenvalue weighted by atomic mass is 16.2. The molecule has 1 fully saturated rings. The molecule has 0 aromatic carbocycles. The number of aromatic amines is 1. The number of carbonyl (C=O) groups is 1. The summed E-state index contributed by atoms with van der Waals surface area (Å²) in [6.07, 6.45) is 7.44.